The Kier molecular flexibility index (Phi) is 7.34. The Morgan fingerprint density at radius 1 is 1.21 bits per heavy atom. The van der Waals surface area contributed by atoms with Gasteiger partial charge in [0.1, 0.15) is 12.4 Å². The number of aromatic nitrogens is 1. The number of hydrogen-bond donors (Lipinski definition) is 1. The minimum atomic E-state index is -4.47. The number of halogens is 4. The molecule has 0 bridgehead atoms. The fourth-order valence-corrected chi connectivity index (χ4v) is 2.90. The van der Waals surface area contributed by atoms with E-state index in [1.165, 1.54) is 25.5 Å². The minimum Gasteiger partial charge on any atom is -0.493 e. The number of nitro benzene ring substituents is 1. The summed E-state index contributed by atoms with van der Waals surface area (Å²) in [5.74, 6) is 0.714. The van der Waals surface area contributed by atoms with Crippen LogP contribution in [0.15, 0.2) is 59.8 Å². The Hall–Kier alpha value is -3.86. The maximum atomic E-state index is 12.6. The van der Waals surface area contributed by atoms with E-state index in [-0.39, 0.29) is 28.9 Å². The highest BCUT2D eigenvalue weighted by Crippen LogP contribution is 2.36. The molecule has 3 aromatic rings. The summed E-state index contributed by atoms with van der Waals surface area (Å²) in [4.78, 5) is 13.9. The van der Waals surface area contributed by atoms with Gasteiger partial charge in [0.25, 0.3) is 5.69 Å². The van der Waals surface area contributed by atoms with Crippen molar-refractivity contribution < 1.29 is 27.6 Å². The number of anilines is 1. The fraction of sp³-hybridized carbons (Fsp3) is 0.143. The molecule has 0 spiro atoms. The van der Waals surface area contributed by atoms with Gasteiger partial charge in [-0.05, 0) is 47.5 Å². The van der Waals surface area contributed by atoms with Gasteiger partial charge < -0.3 is 9.47 Å². The molecule has 0 saturated carbocycles. The molecule has 1 N–H and O–H groups in total. The van der Waals surface area contributed by atoms with E-state index >= 15 is 0 Å². The number of nitro groups is 1. The first-order valence-corrected chi connectivity index (χ1v) is 9.61. The molecule has 0 aliphatic heterocycles. The largest absolute Gasteiger partial charge is 0.493 e. The van der Waals surface area contributed by atoms with Crippen LogP contribution in [0.3, 0.4) is 0 Å². The first-order chi connectivity index (χ1) is 15.7. The van der Waals surface area contributed by atoms with Gasteiger partial charge >= 0.3 is 6.18 Å². The number of hydrogen-bond acceptors (Lipinski definition) is 7. The first-order valence-electron chi connectivity index (χ1n) is 9.23. The van der Waals surface area contributed by atoms with Crippen molar-refractivity contribution in [2.75, 3.05) is 12.5 Å². The van der Waals surface area contributed by atoms with Gasteiger partial charge in [0, 0.05) is 18.3 Å². The van der Waals surface area contributed by atoms with Crippen LogP contribution in [0.4, 0.5) is 24.7 Å². The number of rotatable bonds is 8. The van der Waals surface area contributed by atoms with Gasteiger partial charge in [-0.15, -0.1) is 0 Å². The van der Waals surface area contributed by atoms with Crippen molar-refractivity contribution in [1.82, 2.24) is 4.98 Å². The third-order valence-electron chi connectivity index (χ3n) is 4.27. The standard InChI is InChI=1S/C21H16ClF3N4O4/c1-32-18-9-14(10-27-28-19-7-4-15(11-26-19)21(23,24)25)8-17(22)20(18)33-12-13-2-5-16(6-3-13)29(30)31/h2-11H,12H2,1H3,(H,26,28)/b27-10-. The average Bonchev–Trinajstić information content (AvgIpc) is 2.78. The number of nitrogens with zero attached hydrogens (tertiary/aromatic N) is 3. The number of hydrazone groups is 1. The number of benzene rings is 2. The van der Waals surface area contributed by atoms with Crippen molar-refractivity contribution in [3.63, 3.8) is 0 Å². The van der Waals surface area contributed by atoms with E-state index in [0.717, 1.165) is 12.1 Å². The summed E-state index contributed by atoms with van der Waals surface area (Å²) < 4.78 is 48.8. The number of pyridine rings is 1. The van der Waals surface area contributed by atoms with E-state index in [2.05, 4.69) is 15.5 Å². The second kappa shape index (κ2) is 10.2. The van der Waals surface area contributed by atoms with Crippen LogP contribution in [0.5, 0.6) is 11.5 Å². The molecule has 172 valence electrons. The molecule has 0 unspecified atom stereocenters. The summed E-state index contributed by atoms with van der Waals surface area (Å²) >= 11 is 6.31. The molecule has 33 heavy (non-hydrogen) atoms. The first kappa shape index (κ1) is 23.8. The maximum Gasteiger partial charge on any atom is 0.417 e. The summed E-state index contributed by atoms with van der Waals surface area (Å²) in [5, 5.41) is 14.9. The maximum absolute atomic E-state index is 12.6. The van der Waals surface area contributed by atoms with Gasteiger partial charge in [0.15, 0.2) is 11.5 Å². The smallest absolute Gasteiger partial charge is 0.417 e. The molecule has 0 atom stereocenters. The van der Waals surface area contributed by atoms with Gasteiger partial charge in [-0.25, -0.2) is 4.98 Å². The van der Waals surface area contributed by atoms with Crippen LogP contribution in [-0.2, 0) is 12.8 Å². The fourth-order valence-electron chi connectivity index (χ4n) is 2.62. The van der Waals surface area contributed by atoms with Gasteiger partial charge in [-0.1, -0.05) is 11.6 Å². The average molecular weight is 481 g/mol. The molecule has 2 aromatic carbocycles. The third kappa shape index (κ3) is 6.32. The number of nitrogens with one attached hydrogen (secondary N) is 1. The van der Waals surface area contributed by atoms with E-state index in [0.29, 0.717) is 23.1 Å². The van der Waals surface area contributed by atoms with Gasteiger partial charge in [-0.3, -0.25) is 15.5 Å². The molecule has 0 amide bonds. The zero-order chi connectivity index (χ0) is 24.0. The van der Waals surface area contributed by atoms with E-state index < -0.39 is 16.7 Å². The normalized spacial score (nSPS) is 11.4. The predicted octanol–water partition coefficient (Wildman–Crippen LogP) is 5.70. The van der Waals surface area contributed by atoms with Crippen molar-refractivity contribution >= 4 is 29.3 Å². The minimum absolute atomic E-state index is 0.0295. The SMILES string of the molecule is COc1cc(/C=N\Nc2ccc(C(F)(F)F)cn2)cc(Cl)c1OCc1ccc([N+](=O)[O-])cc1. The van der Waals surface area contributed by atoms with E-state index in [4.69, 9.17) is 21.1 Å². The molecular weight excluding hydrogens is 465 g/mol. The van der Waals surface area contributed by atoms with Crippen LogP contribution in [0.2, 0.25) is 5.02 Å². The monoisotopic (exact) mass is 480 g/mol. The Morgan fingerprint density at radius 3 is 2.52 bits per heavy atom. The van der Waals surface area contributed by atoms with Crippen molar-refractivity contribution in [2.24, 2.45) is 5.10 Å². The lowest BCUT2D eigenvalue weighted by Crippen LogP contribution is -2.05. The second-order valence-electron chi connectivity index (χ2n) is 6.55. The summed E-state index contributed by atoms with van der Waals surface area (Å²) in [5.41, 5.74) is 2.86. The zero-order valence-electron chi connectivity index (χ0n) is 17.0. The van der Waals surface area contributed by atoms with Crippen molar-refractivity contribution in [3.8, 4) is 11.5 Å². The van der Waals surface area contributed by atoms with Crippen LogP contribution in [0.25, 0.3) is 0 Å². The Labute approximate surface area is 190 Å². The molecule has 0 radical (unpaired) electrons. The number of non-ortho nitro benzene ring substituents is 1. The quantitative estimate of drug-likeness (QED) is 0.252. The van der Waals surface area contributed by atoms with E-state index in [9.17, 15) is 23.3 Å². The van der Waals surface area contributed by atoms with Crippen LogP contribution >= 0.6 is 11.6 Å². The van der Waals surface area contributed by atoms with Gasteiger partial charge in [0.05, 0.1) is 28.8 Å². The molecule has 1 aromatic heterocycles. The van der Waals surface area contributed by atoms with Gasteiger partial charge in [0.2, 0.25) is 0 Å². The molecule has 0 fully saturated rings. The molecule has 0 aliphatic carbocycles. The van der Waals surface area contributed by atoms with E-state index in [1.807, 2.05) is 0 Å². The summed E-state index contributed by atoms with van der Waals surface area (Å²) in [7, 11) is 1.43. The summed E-state index contributed by atoms with van der Waals surface area (Å²) in [6.45, 7) is 0.0999. The number of ether oxygens (including phenoxy) is 2. The Morgan fingerprint density at radius 2 is 1.94 bits per heavy atom. The third-order valence-corrected chi connectivity index (χ3v) is 4.55. The molecule has 1 heterocycles. The highest BCUT2D eigenvalue weighted by molar-refractivity contribution is 6.32. The molecule has 12 heteroatoms. The lowest BCUT2D eigenvalue weighted by molar-refractivity contribution is -0.384. The molecule has 8 nitrogen and oxygen atoms in total. The summed E-state index contributed by atoms with van der Waals surface area (Å²) in [6.07, 6.45) is -2.38. The topological polar surface area (TPSA) is 98.9 Å². The highest BCUT2D eigenvalue weighted by Gasteiger charge is 2.30. The lowest BCUT2D eigenvalue weighted by Gasteiger charge is -2.13. The van der Waals surface area contributed by atoms with E-state index in [1.54, 1.807) is 24.3 Å². The lowest BCUT2D eigenvalue weighted by atomic mass is 10.2. The van der Waals surface area contributed by atoms with Crippen molar-refractivity contribution in [1.29, 1.82) is 0 Å². The van der Waals surface area contributed by atoms with Crippen LogP contribution in [0, 0.1) is 10.1 Å². The zero-order valence-corrected chi connectivity index (χ0v) is 17.7. The second-order valence-corrected chi connectivity index (χ2v) is 6.95. The van der Waals surface area contributed by atoms with Crippen LogP contribution < -0.4 is 14.9 Å². The number of methoxy groups -OCH3 is 1. The Balaban J connectivity index is 1.67. The van der Waals surface area contributed by atoms with Crippen molar-refractivity contribution in [2.45, 2.75) is 12.8 Å². The summed E-state index contributed by atoms with van der Waals surface area (Å²) in [6, 6.07) is 11.1. The Bertz CT molecular complexity index is 1150. The predicted molar refractivity (Wildman–Crippen MR) is 116 cm³/mol. The number of alkyl halides is 3. The van der Waals surface area contributed by atoms with Crippen molar-refractivity contribution in [3.05, 3.63) is 86.6 Å². The molecular formula is C21H16ClF3N4O4. The van der Waals surface area contributed by atoms with Crippen LogP contribution in [-0.4, -0.2) is 23.2 Å². The molecule has 0 aliphatic rings. The molecule has 0 saturated heterocycles. The highest BCUT2D eigenvalue weighted by atomic mass is 35.5. The molecule has 3 rings (SSSR count). The van der Waals surface area contributed by atoms with Crippen LogP contribution in [0.1, 0.15) is 16.7 Å². The van der Waals surface area contributed by atoms with Gasteiger partial charge in [-0.2, -0.15) is 18.3 Å².